The van der Waals surface area contributed by atoms with E-state index in [9.17, 15) is 14.4 Å². The molecule has 2 fully saturated rings. The monoisotopic (exact) mass is 295 g/mol. The summed E-state index contributed by atoms with van der Waals surface area (Å²) >= 11 is 0. The smallest absolute Gasteiger partial charge is 0.436 e. The van der Waals surface area contributed by atoms with Crippen molar-refractivity contribution in [2.24, 2.45) is 11.8 Å². The van der Waals surface area contributed by atoms with Gasteiger partial charge in [0.1, 0.15) is 0 Å². The van der Waals surface area contributed by atoms with Gasteiger partial charge >= 0.3 is 6.16 Å². The van der Waals surface area contributed by atoms with E-state index >= 15 is 0 Å². The summed E-state index contributed by atoms with van der Waals surface area (Å²) < 4.78 is 4.10. The van der Waals surface area contributed by atoms with E-state index in [1.165, 1.54) is 25.7 Å². The topological polar surface area (TPSA) is 72.9 Å². The number of allylic oxidation sites excluding steroid dienone is 2. The number of rotatable bonds is 1. The molecule has 1 heterocycles. The molecule has 116 valence electrons. The molecule has 21 heavy (non-hydrogen) atoms. The number of carbonyl (C=O) groups is 3. The van der Waals surface area contributed by atoms with Crippen molar-refractivity contribution in [3.8, 4) is 0 Å². The molecule has 2 unspecified atom stereocenters. The molecule has 2 amide bonds. The van der Waals surface area contributed by atoms with E-state index in [4.69, 9.17) is 0 Å². The minimum absolute atomic E-state index is 0.0792. The van der Waals surface area contributed by atoms with Crippen LogP contribution >= 0.6 is 0 Å². The number of amides is 2. The summed E-state index contributed by atoms with van der Waals surface area (Å²) in [6.45, 7) is 0. The van der Waals surface area contributed by atoms with Crippen LogP contribution in [0.3, 0.4) is 0 Å². The van der Waals surface area contributed by atoms with Gasteiger partial charge < -0.3 is 4.74 Å². The molecule has 1 saturated heterocycles. The molecule has 0 bridgehead atoms. The number of fused-ring (bicyclic) bond motifs is 1. The van der Waals surface area contributed by atoms with E-state index in [0.717, 1.165) is 18.9 Å². The maximum atomic E-state index is 10.8. The zero-order valence-corrected chi connectivity index (χ0v) is 12.2. The molecule has 0 N–H and O–H groups in total. The number of hydrogen-bond donors (Lipinski definition) is 0. The normalized spacial score (nSPS) is 28.5. The minimum atomic E-state index is -1.07. The quantitative estimate of drug-likeness (QED) is 0.422. The van der Waals surface area contributed by atoms with Crippen LogP contribution in [0.25, 0.3) is 0 Å². The third kappa shape index (κ3) is 4.58. The SMILES string of the molecule is C1=C\CCC2CC2CC/1.COC(=O)ON1C(=O)CCC1=O. The van der Waals surface area contributed by atoms with Crippen LogP contribution in [0.2, 0.25) is 0 Å². The van der Waals surface area contributed by atoms with Crippen LogP contribution < -0.4 is 0 Å². The van der Waals surface area contributed by atoms with Gasteiger partial charge in [-0.15, -0.1) is 0 Å². The third-order valence-electron chi connectivity index (χ3n) is 3.98. The fourth-order valence-electron chi connectivity index (χ4n) is 2.64. The molecule has 2 atom stereocenters. The number of methoxy groups -OCH3 is 1. The average molecular weight is 295 g/mol. The number of hydrogen-bond acceptors (Lipinski definition) is 5. The van der Waals surface area contributed by atoms with Crippen molar-refractivity contribution in [2.45, 2.75) is 44.9 Å². The molecule has 3 aliphatic rings. The molecule has 1 saturated carbocycles. The van der Waals surface area contributed by atoms with Crippen molar-refractivity contribution < 1.29 is 24.0 Å². The fourth-order valence-corrected chi connectivity index (χ4v) is 2.64. The second kappa shape index (κ2) is 7.24. The number of ether oxygens (including phenoxy) is 1. The van der Waals surface area contributed by atoms with Gasteiger partial charge in [0.15, 0.2) is 0 Å². The first-order valence-corrected chi connectivity index (χ1v) is 7.38. The van der Waals surface area contributed by atoms with Gasteiger partial charge in [-0.3, -0.25) is 14.4 Å². The van der Waals surface area contributed by atoms with Crippen molar-refractivity contribution in [3.05, 3.63) is 12.2 Å². The molecular weight excluding hydrogens is 274 g/mol. The van der Waals surface area contributed by atoms with Gasteiger partial charge in [-0.05, 0) is 43.9 Å². The lowest BCUT2D eigenvalue weighted by Crippen LogP contribution is -2.31. The Balaban J connectivity index is 0.000000159. The fraction of sp³-hybridized carbons (Fsp3) is 0.667. The Bertz CT molecular complexity index is 415. The lowest BCUT2D eigenvalue weighted by Gasteiger charge is -2.10. The van der Waals surface area contributed by atoms with Crippen LogP contribution in [0.1, 0.15) is 44.9 Å². The summed E-state index contributed by atoms with van der Waals surface area (Å²) in [5, 5.41) is 0.422. The molecule has 6 heteroatoms. The van der Waals surface area contributed by atoms with Crippen molar-refractivity contribution in [2.75, 3.05) is 7.11 Å². The molecular formula is C15H21NO5. The van der Waals surface area contributed by atoms with Gasteiger partial charge in [0.05, 0.1) is 7.11 Å². The van der Waals surface area contributed by atoms with Gasteiger partial charge in [0, 0.05) is 12.8 Å². The predicted octanol–water partition coefficient (Wildman–Crippen LogP) is 2.59. The summed E-state index contributed by atoms with van der Waals surface area (Å²) in [4.78, 5) is 36.3. The largest absolute Gasteiger partial charge is 0.533 e. The molecule has 0 aromatic heterocycles. The van der Waals surface area contributed by atoms with E-state index in [1.54, 1.807) is 6.42 Å². The Labute approximate surface area is 124 Å². The van der Waals surface area contributed by atoms with Gasteiger partial charge in [0.2, 0.25) is 0 Å². The first-order chi connectivity index (χ1) is 10.1. The van der Waals surface area contributed by atoms with E-state index in [1.807, 2.05) is 0 Å². The molecule has 2 aliphatic carbocycles. The van der Waals surface area contributed by atoms with Gasteiger partial charge in [-0.2, -0.15) is 0 Å². The zero-order valence-electron chi connectivity index (χ0n) is 12.2. The Morgan fingerprint density at radius 3 is 2.10 bits per heavy atom. The number of hydroxylamine groups is 2. The Kier molecular flexibility index (Phi) is 5.36. The predicted molar refractivity (Wildman–Crippen MR) is 73.8 cm³/mol. The van der Waals surface area contributed by atoms with Crippen LogP contribution in [-0.4, -0.2) is 30.1 Å². The molecule has 0 radical (unpaired) electrons. The van der Waals surface area contributed by atoms with E-state index in [0.29, 0.717) is 5.06 Å². The van der Waals surface area contributed by atoms with Gasteiger partial charge in [-0.25, -0.2) is 4.79 Å². The van der Waals surface area contributed by atoms with E-state index < -0.39 is 18.0 Å². The summed E-state index contributed by atoms with van der Waals surface area (Å²) in [5.41, 5.74) is 0. The van der Waals surface area contributed by atoms with Crippen LogP contribution in [0, 0.1) is 11.8 Å². The summed E-state index contributed by atoms with van der Waals surface area (Å²) in [6.07, 6.45) is 11.0. The molecule has 0 aromatic rings. The first kappa shape index (κ1) is 15.5. The van der Waals surface area contributed by atoms with Crippen molar-refractivity contribution in [3.63, 3.8) is 0 Å². The van der Waals surface area contributed by atoms with Crippen LogP contribution in [0.15, 0.2) is 12.2 Å². The lowest BCUT2D eigenvalue weighted by atomic mass is 10.1. The highest BCUT2D eigenvalue weighted by Crippen LogP contribution is 2.46. The Morgan fingerprint density at radius 2 is 1.62 bits per heavy atom. The van der Waals surface area contributed by atoms with Crippen molar-refractivity contribution in [1.29, 1.82) is 0 Å². The van der Waals surface area contributed by atoms with Gasteiger partial charge in [-0.1, -0.05) is 17.2 Å². The maximum absolute atomic E-state index is 10.8. The summed E-state index contributed by atoms with van der Waals surface area (Å²) in [7, 11) is 1.09. The first-order valence-electron chi connectivity index (χ1n) is 7.38. The number of nitrogens with zero attached hydrogens (tertiary/aromatic N) is 1. The highest BCUT2D eigenvalue weighted by molar-refractivity contribution is 6.01. The zero-order chi connectivity index (χ0) is 15.2. The van der Waals surface area contributed by atoms with Crippen LogP contribution in [-0.2, 0) is 19.2 Å². The minimum Gasteiger partial charge on any atom is -0.436 e. The third-order valence-corrected chi connectivity index (χ3v) is 3.98. The maximum Gasteiger partial charge on any atom is 0.533 e. The van der Waals surface area contributed by atoms with Crippen LogP contribution in [0.5, 0.6) is 0 Å². The van der Waals surface area contributed by atoms with Crippen LogP contribution in [0.4, 0.5) is 4.79 Å². The molecule has 0 spiro atoms. The lowest BCUT2D eigenvalue weighted by molar-refractivity contribution is -0.176. The molecule has 1 aliphatic heterocycles. The number of imide groups is 1. The van der Waals surface area contributed by atoms with E-state index in [-0.39, 0.29) is 12.8 Å². The Morgan fingerprint density at radius 1 is 1.10 bits per heavy atom. The Hall–Kier alpha value is -1.85. The summed E-state index contributed by atoms with van der Waals surface area (Å²) in [6, 6.07) is 0. The highest BCUT2D eigenvalue weighted by Gasteiger charge is 2.35. The van der Waals surface area contributed by atoms with Crippen molar-refractivity contribution >= 4 is 18.0 Å². The van der Waals surface area contributed by atoms with Crippen molar-refractivity contribution in [1.82, 2.24) is 5.06 Å². The highest BCUT2D eigenvalue weighted by atomic mass is 16.8. The molecule has 0 aromatic carbocycles. The number of carbonyl (C=O) groups excluding carboxylic acids is 3. The standard InChI is InChI=1S/C9H14.C6H7NO5/c1-2-4-6-9-7-8(9)5-3-1;1-11-6(10)12-7-4(8)2-3-5(7)9/h1-2,8-9H,3-7H2;2-3H2,1H3/b2-1-;. The second-order valence-corrected chi connectivity index (χ2v) is 5.51. The average Bonchev–Trinajstić information content (AvgIpc) is 3.11. The molecule has 3 rings (SSSR count). The van der Waals surface area contributed by atoms with E-state index in [2.05, 4.69) is 21.7 Å². The second-order valence-electron chi connectivity index (χ2n) is 5.51. The summed E-state index contributed by atoms with van der Waals surface area (Å²) in [5.74, 6) is 1.22. The van der Waals surface area contributed by atoms with Gasteiger partial charge in [0.25, 0.3) is 11.8 Å². The molecule has 6 nitrogen and oxygen atoms in total.